The third-order valence-corrected chi connectivity index (χ3v) is 3.58. The smallest absolute Gasteiger partial charge is 0.260 e. The summed E-state index contributed by atoms with van der Waals surface area (Å²) in [4.78, 5) is 13.3. The Labute approximate surface area is 118 Å². The number of benzene rings is 1. The van der Waals surface area contributed by atoms with Crippen molar-refractivity contribution in [3.8, 4) is 0 Å². The van der Waals surface area contributed by atoms with Gasteiger partial charge in [0.1, 0.15) is 5.56 Å². The van der Waals surface area contributed by atoms with E-state index in [0.717, 1.165) is 11.3 Å². The second-order valence-corrected chi connectivity index (χ2v) is 5.60. The van der Waals surface area contributed by atoms with E-state index in [2.05, 4.69) is 0 Å². The average molecular weight is 307 g/mol. The van der Waals surface area contributed by atoms with Crippen molar-refractivity contribution in [2.24, 2.45) is 11.8 Å². The van der Waals surface area contributed by atoms with Crippen molar-refractivity contribution in [2.45, 2.75) is 20.3 Å². The Morgan fingerprint density at radius 3 is 1.67 bits per heavy atom. The van der Waals surface area contributed by atoms with Gasteiger partial charge in [-0.2, -0.15) is 0 Å². The van der Waals surface area contributed by atoms with Crippen molar-refractivity contribution in [1.82, 2.24) is 4.90 Å². The van der Waals surface area contributed by atoms with Crippen molar-refractivity contribution >= 4 is 5.91 Å². The molecule has 7 heteroatoms. The zero-order chi connectivity index (χ0) is 15.9. The lowest BCUT2D eigenvalue weighted by Gasteiger charge is -2.35. The van der Waals surface area contributed by atoms with Crippen LogP contribution in [0, 0.1) is 40.9 Å². The first-order chi connectivity index (χ1) is 9.73. The van der Waals surface area contributed by atoms with Crippen molar-refractivity contribution in [3.63, 3.8) is 0 Å². The normalized spacial score (nSPS) is 22.5. The third-order valence-electron chi connectivity index (χ3n) is 3.58. The van der Waals surface area contributed by atoms with Crippen molar-refractivity contribution in [3.05, 3.63) is 34.6 Å². The molecular formula is C14H14F5NO. The van der Waals surface area contributed by atoms with Crippen molar-refractivity contribution < 1.29 is 26.7 Å². The fourth-order valence-corrected chi connectivity index (χ4v) is 2.78. The highest BCUT2D eigenvalue weighted by atomic mass is 19.2. The molecule has 0 bridgehead atoms. The molecule has 0 aliphatic carbocycles. The highest BCUT2D eigenvalue weighted by molar-refractivity contribution is 5.95. The second kappa shape index (κ2) is 5.61. The van der Waals surface area contributed by atoms with E-state index in [4.69, 9.17) is 0 Å². The van der Waals surface area contributed by atoms with E-state index in [0.29, 0.717) is 0 Å². The molecular weight excluding hydrogens is 293 g/mol. The minimum Gasteiger partial charge on any atom is -0.338 e. The number of hydrogen-bond donors (Lipinski definition) is 0. The fourth-order valence-electron chi connectivity index (χ4n) is 2.78. The molecule has 116 valence electrons. The summed E-state index contributed by atoms with van der Waals surface area (Å²) in [5.74, 6) is -11.6. The van der Waals surface area contributed by atoms with Crippen LogP contribution in [-0.4, -0.2) is 23.9 Å². The van der Waals surface area contributed by atoms with E-state index in [9.17, 15) is 26.7 Å². The molecule has 21 heavy (non-hydrogen) atoms. The largest absolute Gasteiger partial charge is 0.338 e. The zero-order valence-corrected chi connectivity index (χ0v) is 11.5. The Balaban J connectivity index is 2.44. The monoisotopic (exact) mass is 307 g/mol. The number of nitrogens with zero attached hydrogens (tertiary/aromatic N) is 1. The van der Waals surface area contributed by atoms with Crippen molar-refractivity contribution in [1.29, 1.82) is 0 Å². The molecule has 0 saturated carbocycles. The summed E-state index contributed by atoms with van der Waals surface area (Å²) in [6, 6.07) is 0. The van der Waals surface area contributed by atoms with E-state index in [1.54, 1.807) is 0 Å². The van der Waals surface area contributed by atoms with Crippen LogP contribution in [0.15, 0.2) is 0 Å². The zero-order valence-electron chi connectivity index (χ0n) is 11.5. The summed E-state index contributed by atoms with van der Waals surface area (Å²) in [6.45, 7) is 4.16. The molecule has 0 radical (unpaired) electrons. The van der Waals surface area contributed by atoms with E-state index < -0.39 is 40.6 Å². The average Bonchev–Trinajstić information content (AvgIpc) is 2.42. The van der Waals surface area contributed by atoms with Gasteiger partial charge in [0.25, 0.3) is 5.91 Å². The molecule has 1 aliphatic rings. The van der Waals surface area contributed by atoms with Gasteiger partial charge >= 0.3 is 0 Å². The van der Waals surface area contributed by atoms with Gasteiger partial charge in [-0.25, -0.2) is 22.0 Å². The molecule has 1 fully saturated rings. The third kappa shape index (κ3) is 2.73. The molecule has 2 atom stereocenters. The molecule has 0 spiro atoms. The van der Waals surface area contributed by atoms with E-state index in [-0.39, 0.29) is 24.9 Å². The van der Waals surface area contributed by atoms with Gasteiger partial charge in [0, 0.05) is 13.1 Å². The summed E-state index contributed by atoms with van der Waals surface area (Å²) in [5, 5.41) is 0. The number of piperidine rings is 1. The quantitative estimate of drug-likeness (QED) is 0.442. The van der Waals surface area contributed by atoms with Gasteiger partial charge in [-0.1, -0.05) is 13.8 Å². The standard InChI is InChI=1S/C14H14F5NO/c1-6-3-7(2)5-20(4-6)14(21)8-9(15)11(17)13(19)12(18)10(8)16/h6-7H,3-5H2,1-2H3/t6-,7-/m0/s1. The van der Waals surface area contributed by atoms with Crippen LogP contribution in [0.1, 0.15) is 30.6 Å². The lowest BCUT2D eigenvalue weighted by atomic mass is 9.91. The Bertz CT molecular complexity index is 550. The Kier molecular flexibility index (Phi) is 4.20. The predicted molar refractivity (Wildman–Crippen MR) is 65.1 cm³/mol. The lowest BCUT2D eigenvalue weighted by Crippen LogP contribution is -2.43. The maximum Gasteiger partial charge on any atom is 0.260 e. The molecule has 1 amide bonds. The van der Waals surface area contributed by atoms with Crippen LogP contribution < -0.4 is 0 Å². The maximum atomic E-state index is 13.6. The molecule has 1 heterocycles. The second-order valence-electron chi connectivity index (χ2n) is 5.60. The number of rotatable bonds is 1. The number of amides is 1. The first-order valence-corrected chi connectivity index (χ1v) is 6.54. The van der Waals surface area contributed by atoms with Gasteiger partial charge in [-0.3, -0.25) is 4.79 Å². The van der Waals surface area contributed by atoms with E-state index >= 15 is 0 Å². The lowest BCUT2D eigenvalue weighted by molar-refractivity contribution is 0.0610. The SMILES string of the molecule is C[C@H]1C[C@H](C)CN(C(=O)c2c(F)c(F)c(F)c(F)c2F)C1. The highest BCUT2D eigenvalue weighted by Gasteiger charge is 2.34. The topological polar surface area (TPSA) is 20.3 Å². The van der Waals surface area contributed by atoms with Gasteiger partial charge in [0.05, 0.1) is 0 Å². The van der Waals surface area contributed by atoms with E-state index in [1.165, 1.54) is 0 Å². The molecule has 0 unspecified atom stereocenters. The molecule has 2 rings (SSSR count). The van der Waals surface area contributed by atoms with E-state index in [1.807, 2.05) is 13.8 Å². The predicted octanol–water partition coefficient (Wildman–Crippen LogP) is 3.50. The number of hydrogen-bond acceptors (Lipinski definition) is 1. The molecule has 1 aliphatic heterocycles. The van der Waals surface area contributed by atoms with Crippen LogP contribution in [-0.2, 0) is 0 Å². The summed E-state index contributed by atoms with van der Waals surface area (Å²) in [5.41, 5.74) is -1.38. The molecule has 1 aromatic rings. The van der Waals surface area contributed by atoms with Crippen molar-refractivity contribution in [2.75, 3.05) is 13.1 Å². The number of likely N-dealkylation sites (tertiary alicyclic amines) is 1. The number of carbonyl (C=O) groups excluding carboxylic acids is 1. The van der Waals surface area contributed by atoms with Crippen LogP contribution >= 0.6 is 0 Å². The fraction of sp³-hybridized carbons (Fsp3) is 0.500. The Morgan fingerprint density at radius 1 is 0.857 bits per heavy atom. The van der Waals surface area contributed by atoms with Crippen LogP contribution in [0.4, 0.5) is 22.0 Å². The highest BCUT2D eigenvalue weighted by Crippen LogP contribution is 2.27. The summed E-state index contributed by atoms with van der Waals surface area (Å²) < 4.78 is 66.5. The van der Waals surface area contributed by atoms with Crippen LogP contribution in [0.5, 0.6) is 0 Å². The molecule has 1 aromatic carbocycles. The van der Waals surface area contributed by atoms with Gasteiger partial charge in [-0.15, -0.1) is 0 Å². The van der Waals surface area contributed by atoms with Crippen LogP contribution in [0.25, 0.3) is 0 Å². The Morgan fingerprint density at radius 2 is 1.24 bits per heavy atom. The summed E-state index contributed by atoms with van der Waals surface area (Å²) in [6.07, 6.45) is 0.834. The van der Waals surface area contributed by atoms with Gasteiger partial charge in [-0.05, 0) is 18.3 Å². The van der Waals surface area contributed by atoms with Gasteiger partial charge in [0.2, 0.25) is 5.82 Å². The Hall–Kier alpha value is -1.66. The first kappa shape index (κ1) is 15.7. The summed E-state index contributed by atoms with van der Waals surface area (Å²) in [7, 11) is 0. The molecule has 1 saturated heterocycles. The molecule has 0 N–H and O–H groups in total. The van der Waals surface area contributed by atoms with Gasteiger partial charge in [0.15, 0.2) is 23.3 Å². The number of carbonyl (C=O) groups is 1. The molecule has 0 aromatic heterocycles. The minimum absolute atomic E-state index is 0.0963. The summed E-state index contributed by atoms with van der Waals surface area (Å²) >= 11 is 0. The number of halogens is 5. The first-order valence-electron chi connectivity index (χ1n) is 6.54. The maximum absolute atomic E-state index is 13.6. The van der Waals surface area contributed by atoms with Crippen LogP contribution in [0.2, 0.25) is 0 Å². The van der Waals surface area contributed by atoms with Gasteiger partial charge < -0.3 is 4.90 Å². The molecule has 2 nitrogen and oxygen atoms in total. The van der Waals surface area contributed by atoms with Crippen LogP contribution in [0.3, 0.4) is 0 Å². The minimum atomic E-state index is -2.26.